The van der Waals surface area contributed by atoms with Gasteiger partial charge in [-0.1, -0.05) is 103 Å². The minimum absolute atomic E-state index is 0.872. The van der Waals surface area contributed by atoms with Gasteiger partial charge in [-0.3, -0.25) is 0 Å². The van der Waals surface area contributed by atoms with Crippen LogP contribution in [0.4, 0.5) is 0 Å². The number of rotatable bonds is 16. The van der Waals surface area contributed by atoms with Crippen molar-refractivity contribution in [1.29, 1.82) is 0 Å². The lowest BCUT2D eigenvalue weighted by atomic mass is 9.74. The molecule has 4 N–H and O–H groups in total. The molecule has 1 rings (SSSR count). The molecule has 24 heavy (non-hydrogen) atoms. The van der Waals surface area contributed by atoms with E-state index in [4.69, 9.17) is 11.5 Å². The van der Waals surface area contributed by atoms with E-state index in [1.807, 2.05) is 0 Å². The lowest BCUT2D eigenvalue weighted by molar-refractivity contribution is 0.202. The molecule has 1 aliphatic rings. The van der Waals surface area contributed by atoms with Gasteiger partial charge in [-0.25, -0.2) is 0 Å². The summed E-state index contributed by atoms with van der Waals surface area (Å²) in [6.45, 7) is 1.74. The second-order valence-electron chi connectivity index (χ2n) is 8.20. The maximum Gasteiger partial charge on any atom is -0.00773 e. The Balaban J connectivity index is 2.02. The van der Waals surface area contributed by atoms with E-state index in [0.29, 0.717) is 0 Å². The summed E-state index contributed by atoms with van der Waals surface area (Å²) < 4.78 is 0. The largest absolute Gasteiger partial charge is 0.330 e. The van der Waals surface area contributed by atoms with Crippen LogP contribution in [0.3, 0.4) is 0 Å². The smallest absolute Gasteiger partial charge is 0.00773 e. The fourth-order valence-electron chi connectivity index (χ4n) is 4.56. The first-order chi connectivity index (χ1) is 11.9. The van der Waals surface area contributed by atoms with Crippen molar-refractivity contribution in [3.05, 3.63) is 0 Å². The van der Waals surface area contributed by atoms with E-state index in [1.165, 1.54) is 116 Å². The van der Waals surface area contributed by atoms with E-state index >= 15 is 0 Å². The first kappa shape index (κ1) is 22.0. The normalized spacial score (nSPS) is 21.2. The second-order valence-corrected chi connectivity index (χ2v) is 8.20. The van der Waals surface area contributed by atoms with Crippen molar-refractivity contribution >= 4 is 0 Å². The Labute approximate surface area is 152 Å². The molecular weight excluding hydrogens is 292 g/mol. The van der Waals surface area contributed by atoms with Gasteiger partial charge in [0.1, 0.15) is 0 Å². The van der Waals surface area contributed by atoms with E-state index in [1.54, 1.807) is 0 Å². The minimum Gasteiger partial charge on any atom is -0.330 e. The van der Waals surface area contributed by atoms with Gasteiger partial charge in [0.2, 0.25) is 0 Å². The van der Waals surface area contributed by atoms with Crippen molar-refractivity contribution in [2.75, 3.05) is 13.1 Å². The van der Waals surface area contributed by atoms with Crippen molar-refractivity contribution in [1.82, 2.24) is 0 Å². The van der Waals surface area contributed by atoms with Crippen LogP contribution in [0.15, 0.2) is 0 Å². The van der Waals surface area contributed by atoms with Crippen molar-refractivity contribution < 1.29 is 0 Å². The highest BCUT2D eigenvalue weighted by molar-refractivity contribution is 4.75. The third-order valence-corrected chi connectivity index (χ3v) is 6.12. The summed E-state index contributed by atoms with van der Waals surface area (Å²) in [7, 11) is 0. The summed E-state index contributed by atoms with van der Waals surface area (Å²) in [5.74, 6) is 2.11. The average molecular weight is 339 g/mol. The monoisotopic (exact) mass is 338 g/mol. The van der Waals surface area contributed by atoms with E-state index in [0.717, 1.165) is 24.9 Å². The zero-order valence-electron chi connectivity index (χ0n) is 16.5. The molecule has 1 fully saturated rings. The maximum absolute atomic E-state index is 5.56. The number of hydrogen-bond donors (Lipinski definition) is 2. The van der Waals surface area contributed by atoms with Crippen molar-refractivity contribution in [3.8, 4) is 0 Å². The fraction of sp³-hybridized carbons (Fsp3) is 1.00. The first-order valence-corrected chi connectivity index (χ1v) is 11.3. The van der Waals surface area contributed by atoms with Gasteiger partial charge in [0.05, 0.1) is 0 Å². The van der Waals surface area contributed by atoms with Crippen LogP contribution in [0.2, 0.25) is 0 Å². The first-order valence-electron chi connectivity index (χ1n) is 11.3. The Hall–Kier alpha value is -0.0800. The van der Waals surface area contributed by atoms with Crippen LogP contribution in [0.1, 0.15) is 116 Å². The zero-order valence-corrected chi connectivity index (χ0v) is 16.5. The summed E-state index contributed by atoms with van der Waals surface area (Å²) >= 11 is 0. The fourth-order valence-corrected chi connectivity index (χ4v) is 4.56. The lowest BCUT2D eigenvalue weighted by Crippen LogP contribution is -2.19. The average Bonchev–Trinajstić information content (AvgIpc) is 2.61. The van der Waals surface area contributed by atoms with E-state index in [-0.39, 0.29) is 0 Å². The Morgan fingerprint density at radius 2 is 0.792 bits per heavy atom. The summed E-state index contributed by atoms with van der Waals surface area (Å²) in [4.78, 5) is 0. The van der Waals surface area contributed by atoms with Gasteiger partial charge in [-0.15, -0.1) is 0 Å². The highest BCUT2D eigenvalue weighted by atomic mass is 14.5. The molecule has 0 saturated heterocycles. The molecule has 1 saturated carbocycles. The second kappa shape index (κ2) is 16.4. The molecule has 2 unspecified atom stereocenters. The quantitative estimate of drug-likeness (QED) is 0.330. The van der Waals surface area contributed by atoms with E-state index < -0.39 is 0 Å². The van der Waals surface area contributed by atoms with Crippen molar-refractivity contribution in [2.45, 2.75) is 116 Å². The topological polar surface area (TPSA) is 52.0 Å². The highest BCUT2D eigenvalue weighted by Crippen LogP contribution is 2.36. The van der Waals surface area contributed by atoms with Crippen molar-refractivity contribution in [2.24, 2.45) is 23.3 Å². The maximum atomic E-state index is 5.56. The standard InChI is InChI=1S/C22H46N2/c23-19-13-7-3-1-5-9-15-21-17-11-12-18-22(21)16-10-6-2-4-8-14-20-24/h21-22H,1-20,23-24H2. The molecule has 0 aromatic carbocycles. The molecule has 0 bridgehead atoms. The summed E-state index contributed by atoms with van der Waals surface area (Å²) in [5, 5.41) is 0. The Bertz CT molecular complexity index is 228. The number of nitrogens with two attached hydrogens (primary N) is 2. The van der Waals surface area contributed by atoms with Gasteiger partial charge in [0, 0.05) is 0 Å². The van der Waals surface area contributed by atoms with Gasteiger partial charge >= 0.3 is 0 Å². The molecular formula is C22H46N2. The molecule has 2 heteroatoms. The minimum atomic E-state index is 0.872. The van der Waals surface area contributed by atoms with Gasteiger partial charge in [-0.2, -0.15) is 0 Å². The highest BCUT2D eigenvalue weighted by Gasteiger charge is 2.23. The zero-order chi connectivity index (χ0) is 17.3. The molecule has 144 valence electrons. The predicted octanol–water partition coefficient (Wildman–Crippen LogP) is 6.17. The third kappa shape index (κ3) is 11.5. The summed E-state index contributed by atoms with van der Waals surface area (Å²) in [6, 6.07) is 0. The van der Waals surface area contributed by atoms with Crippen LogP contribution in [0.5, 0.6) is 0 Å². The third-order valence-electron chi connectivity index (χ3n) is 6.12. The van der Waals surface area contributed by atoms with Crippen LogP contribution in [-0.2, 0) is 0 Å². The molecule has 2 nitrogen and oxygen atoms in total. The number of unbranched alkanes of at least 4 members (excludes halogenated alkanes) is 10. The lowest BCUT2D eigenvalue weighted by Gasteiger charge is -2.32. The predicted molar refractivity (Wildman–Crippen MR) is 108 cm³/mol. The molecule has 0 heterocycles. The van der Waals surface area contributed by atoms with Gasteiger partial charge in [0.15, 0.2) is 0 Å². The van der Waals surface area contributed by atoms with Crippen LogP contribution in [-0.4, -0.2) is 13.1 Å². The number of hydrogen-bond acceptors (Lipinski definition) is 2. The SMILES string of the molecule is NCCCCCCCCC1CCCCC1CCCCCCCCN. The molecule has 0 aliphatic heterocycles. The summed E-state index contributed by atoms with van der Waals surface area (Å²) in [6.07, 6.45) is 25.7. The van der Waals surface area contributed by atoms with Crippen LogP contribution >= 0.6 is 0 Å². The Morgan fingerprint density at radius 1 is 0.458 bits per heavy atom. The van der Waals surface area contributed by atoms with E-state index in [2.05, 4.69) is 0 Å². The molecule has 1 aliphatic carbocycles. The molecule has 0 amide bonds. The Kier molecular flexibility index (Phi) is 15.0. The molecule has 0 aromatic rings. The van der Waals surface area contributed by atoms with E-state index in [9.17, 15) is 0 Å². The van der Waals surface area contributed by atoms with Crippen LogP contribution in [0.25, 0.3) is 0 Å². The molecule has 0 radical (unpaired) electrons. The Morgan fingerprint density at radius 3 is 1.17 bits per heavy atom. The van der Waals surface area contributed by atoms with Crippen molar-refractivity contribution in [3.63, 3.8) is 0 Å². The van der Waals surface area contributed by atoms with Gasteiger partial charge in [0.25, 0.3) is 0 Å². The summed E-state index contributed by atoms with van der Waals surface area (Å²) in [5.41, 5.74) is 11.1. The van der Waals surface area contributed by atoms with Gasteiger partial charge in [-0.05, 0) is 37.8 Å². The molecule has 0 aromatic heterocycles. The van der Waals surface area contributed by atoms with Gasteiger partial charge < -0.3 is 11.5 Å². The molecule has 2 atom stereocenters. The molecule has 0 spiro atoms. The van der Waals surface area contributed by atoms with Crippen LogP contribution < -0.4 is 11.5 Å². The van der Waals surface area contributed by atoms with Crippen LogP contribution in [0, 0.1) is 11.8 Å².